The lowest BCUT2D eigenvalue weighted by Gasteiger charge is -1.96. The summed E-state index contributed by atoms with van der Waals surface area (Å²) in [6.07, 6.45) is 0. The average Bonchev–Trinajstić information content (AvgIpc) is 3.75. The molecule has 44 heavy (non-hydrogen) atoms. The number of nitrogens with zero attached hydrogens (tertiary/aromatic N) is 6. The van der Waals surface area contributed by atoms with Crippen LogP contribution in [-0.4, -0.2) is 46.0 Å². The first-order chi connectivity index (χ1) is 21.5. The van der Waals surface area contributed by atoms with Gasteiger partial charge in [-0.1, -0.05) is 64.6 Å². The number of nitrogens with one attached hydrogen (secondary N) is 2. The predicted octanol–water partition coefficient (Wildman–Crippen LogP) is 6.00. The number of carbonyl (C=O) groups is 1. The van der Waals surface area contributed by atoms with Crippen molar-refractivity contribution < 1.29 is 14.5 Å². The number of aromatic amines is 2. The Morgan fingerprint density at radius 2 is 1.02 bits per heavy atom. The number of fused-ring (bicyclic) bond motifs is 20. The summed E-state index contributed by atoms with van der Waals surface area (Å²) in [6.45, 7) is 0. The summed E-state index contributed by atoms with van der Waals surface area (Å²) in [5.74, 6) is 1.40. The van der Waals surface area contributed by atoms with Crippen molar-refractivity contribution in [2.75, 3.05) is 0 Å². The van der Waals surface area contributed by atoms with Crippen LogP contribution < -0.4 is 4.57 Å². The van der Waals surface area contributed by atoms with E-state index in [1.54, 1.807) is 18.2 Å². The first kappa shape index (κ1) is 24.3. The SMILES string of the molecule is C[n+]1c2nc3[nH]c(nc4nc(nc5[nH]c(nc1-c1ccccc1-2)c1cc(C(=O)O)ccc51)-c1ccccc1-4)c1ccccc31. The molecule has 0 fully saturated rings. The minimum Gasteiger partial charge on any atom is -0.478 e. The zero-order valence-corrected chi connectivity index (χ0v) is 23.2. The van der Waals surface area contributed by atoms with Gasteiger partial charge in [-0.2, -0.15) is 0 Å². The Morgan fingerprint density at radius 3 is 1.57 bits per heavy atom. The van der Waals surface area contributed by atoms with E-state index in [2.05, 4.69) is 9.97 Å². The molecular formula is C34H21N8O2+. The maximum Gasteiger partial charge on any atom is 0.335 e. The van der Waals surface area contributed by atoms with Crippen molar-refractivity contribution in [1.82, 2.24) is 34.9 Å². The largest absolute Gasteiger partial charge is 0.478 e. The van der Waals surface area contributed by atoms with E-state index in [1.165, 1.54) is 0 Å². The van der Waals surface area contributed by atoms with E-state index in [0.717, 1.165) is 44.2 Å². The number of carboxylic acid groups (broad SMARTS) is 1. The fraction of sp³-hybridized carbons (Fsp3) is 0.0294. The Kier molecular flexibility index (Phi) is 4.89. The van der Waals surface area contributed by atoms with Gasteiger partial charge >= 0.3 is 5.97 Å². The van der Waals surface area contributed by atoms with E-state index in [1.807, 2.05) is 84.4 Å². The molecule has 0 radical (unpaired) electrons. The zero-order valence-electron chi connectivity index (χ0n) is 23.2. The van der Waals surface area contributed by atoms with Crippen LogP contribution in [0.5, 0.6) is 0 Å². The maximum absolute atomic E-state index is 11.9. The van der Waals surface area contributed by atoms with Gasteiger partial charge < -0.3 is 15.1 Å². The van der Waals surface area contributed by atoms with Crippen molar-refractivity contribution in [2.45, 2.75) is 0 Å². The third kappa shape index (κ3) is 3.45. The lowest BCUT2D eigenvalue weighted by Crippen LogP contribution is -2.30. The van der Waals surface area contributed by atoms with Gasteiger partial charge in [-0.15, -0.1) is 0 Å². The highest BCUT2D eigenvalue weighted by atomic mass is 16.4. The summed E-state index contributed by atoms with van der Waals surface area (Å²) in [5.41, 5.74) is 6.02. The molecule has 0 saturated heterocycles. The van der Waals surface area contributed by atoms with Crippen LogP contribution in [0.25, 0.3) is 89.7 Å². The van der Waals surface area contributed by atoms with Crippen molar-refractivity contribution in [2.24, 2.45) is 7.05 Å². The molecule has 0 unspecified atom stereocenters. The summed E-state index contributed by atoms with van der Waals surface area (Å²) in [5, 5.41) is 13.0. The fourth-order valence-electron chi connectivity index (χ4n) is 6.12. The first-order valence-corrected chi connectivity index (χ1v) is 14.0. The number of aromatic carboxylic acids is 1. The maximum atomic E-state index is 11.9. The average molecular weight is 574 g/mol. The minimum absolute atomic E-state index is 0.157. The van der Waals surface area contributed by atoms with E-state index in [0.29, 0.717) is 45.4 Å². The molecule has 9 rings (SSSR count). The quantitative estimate of drug-likeness (QED) is 0.205. The van der Waals surface area contributed by atoms with Crippen LogP contribution >= 0.6 is 0 Å². The number of benzene rings is 4. The molecule has 4 aromatic carbocycles. The van der Waals surface area contributed by atoms with Gasteiger partial charge in [0.25, 0.3) is 11.6 Å². The van der Waals surface area contributed by atoms with E-state index < -0.39 is 5.97 Å². The van der Waals surface area contributed by atoms with Crippen LogP contribution in [-0.2, 0) is 7.05 Å². The number of H-pyrrole nitrogens is 2. The van der Waals surface area contributed by atoms with Gasteiger partial charge in [0.05, 0.1) is 23.7 Å². The Labute approximate surface area is 248 Å². The van der Waals surface area contributed by atoms with Crippen LogP contribution in [0.3, 0.4) is 0 Å². The van der Waals surface area contributed by atoms with Crippen molar-refractivity contribution in [3.05, 3.63) is 96.6 Å². The van der Waals surface area contributed by atoms with Crippen LogP contribution in [0.4, 0.5) is 0 Å². The highest BCUT2D eigenvalue weighted by Crippen LogP contribution is 2.36. The van der Waals surface area contributed by atoms with Gasteiger partial charge in [0.2, 0.25) is 11.3 Å². The van der Waals surface area contributed by atoms with E-state index in [4.69, 9.17) is 24.9 Å². The molecule has 2 aliphatic rings. The van der Waals surface area contributed by atoms with Gasteiger partial charge in [0, 0.05) is 32.7 Å². The normalized spacial score (nSPS) is 11.9. The van der Waals surface area contributed by atoms with Crippen molar-refractivity contribution in [3.8, 4) is 45.6 Å². The molecule has 5 heterocycles. The summed E-state index contributed by atoms with van der Waals surface area (Å²) < 4.78 is 1.95. The van der Waals surface area contributed by atoms with Gasteiger partial charge in [-0.05, 0) is 36.4 Å². The predicted molar refractivity (Wildman–Crippen MR) is 166 cm³/mol. The van der Waals surface area contributed by atoms with Gasteiger partial charge in [0.15, 0.2) is 11.6 Å². The summed E-state index contributed by atoms with van der Waals surface area (Å²) in [4.78, 5) is 43.9. The van der Waals surface area contributed by atoms with Crippen LogP contribution in [0.2, 0.25) is 0 Å². The highest BCUT2D eigenvalue weighted by Gasteiger charge is 2.29. The van der Waals surface area contributed by atoms with E-state index in [-0.39, 0.29) is 5.56 Å². The van der Waals surface area contributed by atoms with Crippen molar-refractivity contribution >= 4 is 50.1 Å². The standard InChI is InChI=1S/C34H20N8O2/c1-42-32-23-12-6-7-13-24(23)33(42)41-31-25-16-17(34(43)44)14-15-22(25)29(39-31)37-27-19-9-3-2-8-18(19)26(35-27)36-28-20-10-4-5-11-21(20)30(38-28)40-32/h2-16H,1H3,(H2,35,36,37,38,39,40,41,43,44)/p+1. The second-order valence-corrected chi connectivity index (χ2v) is 10.8. The molecule has 10 heteroatoms. The lowest BCUT2D eigenvalue weighted by molar-refractivity contribution is -0.650. The molecule has 3 N–H and O–H groups in total. The second kappa shape index (κ2) is 8.85. The summed E-state index contributed by atoms with van der Waals surface area (Å²) >= 11 is 0. The molecule has 0 atom stereocenters. The first-order valence-electron chi connectivity index (χ1n) is 14.0. The monoisotopic (exact) mass is 573 g/mol. The topological polar surface area (TPSA) is 137 Å². The van der Waals surface area contributed by atoms with Crippen molar-refractivity contribution in [3.63, 3.8) is 0 Å². The lowest BCUT2D eigenvalue weighted by atomic mass is 10.1. The molecule has 0 amide bonds. The molecule has 0 aliphatic carbocycles. The Hall–Kier alpha value is -6.29. The number of rotatable bonds is 1. The summed E-state index contributed by atoms with van der Waals surface area (Å²) in [6, 6.07) is 28.8. The van der Waals surface area contributed by atoms with Gasteiger partial charge in [0.1, 0.15) is 11.3 Å². The third-order valence-corrected chi connectivity index (χ3v) is 8.22. The van der Waals surface area contributed by atoms with E-state index >= 15 is 0 Å². The molecule has 2 aliphatic heterocycles. The Bertz CT molecular complexity index is 2570. The second-order valence-electron chi connectivity index (χ2n) is 10.8. The Morgan fingerprint density at radius 1 is 0.568 bits per heavy atom. The molecule has 8 bridgehead atoms. The molecular weight excluding hydrogens is 552 g/mol. The van der Waals surface area contributed by atoms with Crippen LogP contribution in [0.1, 0.15) is 10.4 Å². The molecule has 0 saturated carbocycles. The zero-order chi connectivity index (χ0) is 29.5. The minimum atomic E-state index is -1.02. The van der Waals surface area contributed by atoms with Crippen LogP contribution in [0, 0.1) is 0 Å². The fourth-order valence-corrected chi connectivity index (χ4v) is 6.12. The van der Waals surface area contributed by atoms with E-state index in [9.17, 15) is 9.90 Å². The van der Waals surface area contributed by atoms with Gasteiger partial charge in [-0.25, -0.2) is 24.3 Å². The number of aromatic nitrogens is 8. The molecule has 208 valence electrons. The van der Waals surface area contributed by atoms with Gasteiger partial charge in [-0.3, -0.25) is 0 Å². The molecule has 10 nitrogen and oxygen atoms in total. The number of hydrogen-bond acceptors (Lipinski definition) is 6. The third-order valence-electron chi connectivity index (χ3n) is 8.22. The van der Waals surface area contributed by atoms with Crippen molar-refractivity contribution in [1.29, 1.82) is 0 Å². The smallest absolute Gasteiger partial charge is 0.335 e. The molecule has 0 spiro atoms. The number of hydrogen-bond donors (Lipinski definition) is 3. The summed E-state index contributed by atoms with van der Waals surface area (Å²) in [7, 11) is 1.93. The molecule has 7 aromatic rings. The number of carboxylic acids is 1. The molecule has 3 aromatic heterocycles. The highest BCUT2D eigenvalue weighted by molar-refractivity contribution is 6.08. The Balaban J connectivity index is 1.52. The van der Waals surface area contributed by atoms with Crippen LogP contribution in [0.15, 0.2) is 91.0 Å².